The molecular weight excluding hydrogens is 384 g/mol. The average Bonchev–Trinajstić information content (AvgIpc) is 3.23. The van der Waals surface area contributed by atoms with Crippen molar-refractivity contribution in [2.24, 2.45) is 0 Å². The highest BCUT2D eigenvalue weighted by Crippen LogP contribution is 2.23. The summed E-state index contributed by atoms with van der Waals surface area (Å²) in [6, 6.07) is 16.0. The van der Waals surface area contributed by atoms with E-state index >= 15 is 0 Å². The largest absolute Gasteiger partial charge is 0.449 e. The Morgan fingerprint density at radius 2 is 1.70 bits per heavy atom. The van der Waals surface area contributed by atoms with Crippen molar-refractivity contribution in [3.8, 4) is 11.5 Å². The number of carbonyl (C=O) groups is 2. The molecule has 2 amide bonds. The molecule has 0 aliphatic rings. The van der Waals surface area contributed by atoms with E-state index < -0.39 is 12.1 Å². The molecule has 30 heavy (non-hydrogen) atoms. The van der Waals surface area contributed by atoms with Crippen LogP contribution in [0.1, 0.15) is 48.7 Å². The molecule has 2 aromatic carbocycles. The number of ether oxygens (including phenoxy) is 1. The number of benzene rings is 2. The van der Waals surface area contributed by atoms with Crippen molar-refractivity contribution in [2.45, 2.75) is 39.5 Å². The summed E-state index contributed by atoms with van der Waals surface area (Å²) in [5, 5.41) is 13.5. The maximum absolute atomic E-state index is 12.4. The van der Waals surface area contributed by atoms with Gasteiger partial charge in [0.05, 0.1) is 5.56 Å². The van der Waals surface area contributed by atoms with E-state index in [0.29, 0.717) is 18.0 Å². The molecule has 0 spiro atoms. The van der Waals surface area contributed by atoms with Crippen LogP contribution in [0.5, 0.6) is 0 Å². The van der Waals surface area contributed by atoms with E-state index in [9.17, 15) is 9.59 Å². The van der Waals surface area contributed by atoms with Gasteiger partial charge in [0.15, 0.2) is 6.10 Å². The molecule has 0 fully saturated rings. The lowest BCUT2D eigenvalue weighted by Crippen LogP contribution is -2.39. The number of carbonyl (C=O) groups excluding carboxylic acids is 2. The normalized spacial score (nSPS) is 11.7. The van der Waals surface area contributed by atoms with E-state index in [1.807, 2.05) is 44.2 Å². The minimum atomic E-state index is -0.691. The maximum Gasteiger partial charge on any atom is 0.338 e. The van der Waals surface area contributed by atoms with Crippen molar-refractivity contribution < 1.29 is 18.7 Å². The van der Waals surface area contributed by atoms with Gasteiger partial charge < -0.3 is 19.8 Å². The van der Waals surface area contributed by atoms with Gasteiger partial charge in [-0.05, 0) is 50.6 Å². The Morgan fingerprint density at radius 3 is 2.37 bits per heavy atom. The van der Waals surface area contributed by atoms with Crippen LogP contribution in [-0.2, 0) is 11.3 Å². The van der Waals surface area contributed by atoms with Crippen molar-refractivity contribution in [1.29, 1.82) is 0 Å². The number of esters is 1. The molecule has 0 saturated carbocycles. The van der Waals surface area contributed by atoms with Crippen molar-refractivity contribution in [3.05, 3.63) is 71.6 Å². The molecule has 0 aliphatic carbocycles. The van der Waals surface area contributed by atoms with Crippen LogP contribution in [0.25, 0.3) is 11.5 Å². The second-order valence-electron chi connectivity index (χ2n) is 7.04. The van der Waals surface area contributed by atoms with Gasteiger partial charge in [-0.3, -0.25) is 0 Å². The molecular formula is C22H24N4O4. The lowest BCUT2D eigenvalue weighted by molar-refractivity contribution is 0.0280. The zero-order chi connectivity index (χ0) is 21.5. The summed E-state index contributed by atoms with van der Waals surface area (Å²) in [6.07, 6.45) is -0.691. The molecule has 3 aromatic rings. The van der Waals surface area contributed by atoms with Crippen LogP contribution in [0.4, 0.5) is 4.79 Å². The van der Waals surface area contributed by atoms with Crippen molar-refractivity contribution >= 4 is 12.0 Å². The molecule has 1 atom stereocenters. The van der Waals surface area contributed by atoms with Crippen LogP contribution >= 0.6 is 0 Å². The number of rotatable bonds is 7. The Hall–Kier alpha value is -3.68. The highest BCUT2D eigenvalue weighted by atomic mass is 16.6. The molecule has 0 bridgehead atoms. The van der Waals surface area contributed by atoms with Crippen LogP contribution in [0.2, 0.25) is 0 Å². The van der Waals surface area contributed by atoms with E-state index in [-0.39, 0.29) is 18.0 Å². The topological polar surface area (TPSA) is 106 Å². The maximum atomic E-state index is 12.4. The number of aromatic nitrogens is 2. The molecule has 1 heterocycles. The van der Waals surface area contributed by atoms with E-state index in [0.717, 1.165) is 11.1 Å². The summed E-state index contributed by atoms with van der Waals surface area (Å²) in [7, 11) is 0. The van der Waals surface area contributed by atoms with Gasteiger partial charge in [0.1, 0.15) is 0 Å². The monoisotopic (exact) mass is 408 g/mol. The minimum absolute atomic E-state index is 0.0618. The smallest absolute Gasteiger partial charge is 0.338 e. The van der Waals surface area contributed by atoms with Gasteiger partial charge in [0.2, 0.25) is 5.89 Å². The standard InChI is InChI=1S/C22H24N4O4/c1-14(2)24-22(28)23-13-16-9-11-18(12-10-16)21(27)29-15(3)19-25-26-20(30-19)17-7-5-4-6-8-17/h4-12,14-15H,13H2,1-3H3,(H2,23,24,28)/t15-/m1/s1. The molecule has 2 N–H and O–H groups in total. The fourth-order valence-electron chi connectivity index (χ4n) is 2.63. The third-order valence-corrected chi connectivity index (χ3v) is 4.16. The SMILES string of the molecule is CC(C)NC(=O)NCc1ccc(C(=O)O[C@H](C)c2nnc(-c3ccccc3)o2)cc1. The van der Waals surface area contributed by atoms with Gasteiger partial charge in [0.25, 0.3) is 5.89 Å². The predicted molar refractivity (Wildman–Crippen MR) is 111 cm³/mol. The fourth-order valence-corrected chi connectivity index (χ4v) is 2.63. The van der Waals surface area contributed by atoms with Crippen LogP contribution in [0.3, 0.4) is 0 Å². The summed E-state index contributed by atoms with van der Waals surface area (Å²) >= 11 is 0. The van der Waals surface area contributed by atoms with E-state index in [1.165, 1.54) is 0 Å². The number of hydrogen-bond acceptors (Lipinski definition) is 6. The fraction of sp³-hybridized carbons (Fsp3) is 0.273. The van der Waals surface area contributed by atoms with Crippen LogP contribution in [0.15, 0.2) is 59.0 Å². The molecule has 1 aromatic heterocycles. The molecule has 0 saturated heterocycles. The summed E-state index contributed by atoms with van der Waals surface area (Å²) < 4.78 is 11.1. The highest BCUT2D eigenvalue weighted by molar-refractivity contribution is 5.89. The third-order valence-electron chi connectivity index (χ3n) is 4.16. The molecule has 8 heteroatoms. The first-order valence-electron chi connectivity index (χ1n) is 9.65. The Morgan fingerprint density at radius 1 is 1.00 bits per heavy atom. The van der Waals surface area contributed by atoms with Gasteiger partial charge >= 0.3 is 12.0 Å². The third kappa shape index (κ3) is 5.66. The highest BCUT2D eigenvalue weighted by Gasteiger charge is 2.20. The van der Waals surface area contributed by atoms with E-state index in [1.54, 1.807) is 31.2 Å². The first-order chi connectivity index (χ1) is 14.4. The second kappa shape index (κ2) is 9.69. The minimum Gasteiger partial charge on any atom is -0.449 e. The average molecular weight is 408 g/mol. The van der Waals surface area contributed by atoms with Crippen molar-refractivity contribution in [2.75, 3.05) is 0 Å². The number of hydrogen-bond donors (Lipinski definition) is 2. The number of urea groups is 1. The number of nitrogens with one attached hydrogen (secondary N) is 2. The second-order valence-corrected chi connectivity index (χ2v) is 7.04. The molecule has 0 radical (unpaired) electrons. The summed E-state index contributed by atoms with van der Waals surface area (Å²) in [4.78, 5) is 24.0. The first-order valence-corrected chi connectivity index (χ1v) is 9.65. The molecule has 0 unspecified atom stereocenters. The Labute approximate surface area is 174 Å². The van der Waals surface area contributed by atoms with Crippen molar-refractivity contribution in [3.63, 3.8) is 0 Å². The van der Waals surface area contributed by atoms with E-state index in [4.69, 9.17) is 9.15 Å². The zero-order valence-electron chi connectivity index (χ0n) is 17.1. The lowest BCUT2D eigenvalue weighted by Gasteiger charge is -2.11. The number of nitrogens with zero attached hydrogens (tertiary/aromatic N) is 2. The number of amides is 2. The molecule has 0 aliphatic heterocycles. The summed E-state index contributed by atoms with van der Waals surface area (Å²) in [5.41, 5.74) is 2.05. The molecule has 156 valence electrons. The van der Waals surface area contributed by atoms with E-state index in [2.05, 4.69) is 20.8 Å². The van der Waals surface area contributed by atoms with Crippen LogP contribution in [0, 0.1) is 0 Å². The van der Waals surface area contributed by atoms with Gasteiger partial charge in [-0.2, -0.15) is 0 Å². The van der Waals surface area contributed by atoms with Gasteiger partial charge in [-0.1, -0.05) is 30.3 Å². The van der Waals surface area contributed by atoms with Crippen LogP contribution in [-0.4, -0.2) is 28.2 Å². The molecule has 3 rings (SSSR count). The van der Waals surface area contributed by atoms with Gasteiger partial charge in [-0.15, -0.1) is 10.2 Å². The quantitative estimate of drug-likeness (QED) is 0.575. The zero-order valence-corrected chi connectivity index (χ0v) is 17.1. The Kier molecular flexibility index (Phi) is 6.79. The predicted octanol–water partition coefficient (Wildman–Crippen LogP) is 3.86. The molecule has 8 nitrogen and oxygen atoms in total. The van der Waals surface area contributed by atoms with Crippen molar-refractivity contribution in [1.82, 2.24) is 20.8 Å². The first kappa shape index (κ1) is 21.0. The summed E-state index contributed by atoms with van der Waals surface area (Å²) in [5.74, 6) is 0.0880. The lowest BCUT2D eigenvalue weighted by atomic mass is 10.1. The van der Waals surface area contributed by atoms with Crippen LogP contribution < -0.4 is 10.6 Å². The van der Waals surface area contributed by atoms with Gasteiger partial charge in [-0.25, -0.2) is 9.59 Å². The Bertz CT molecular complexity index is 984. The summed E-state index contributed by atoms with van der Waals surface area (Å²) in [6.45, 7) is 5.80. The Balaban J connectivity index is 1.55. The van der Waals surface area contributed by atoms with Gasteiger partial charge in [0, 0.05) is 18.2 Å².